The smallest absolute Gasteiger partial charge is 0.326 e. The van der Waals surface area contributed by atoms with Crippen molar-refractivity contribution >= 4 is 52.1 Å². The fourth-order valence-electron chi connectivity index (χ4n) is 4.28. The molecular weight excluding hydrogens is 603 g/mol. The normalized spacial score (nSPS) is 11.5. The highest BCUT2D eigenvalue weighted by Crippen LogP contribution is 2.38. The van der Waals surface area contributed by atoms with E-state index in [0.717, 1.165) is 0 Å². The van der Waals surface area contributed by atoms with Gasteiger partial charge in [0.25, 0.3) is 16.8 Å². The molecule has 0 saturated carbocycles. The minimum absolute atomic E-state index is 0.0310. The van der Waals surface area contributed by atoms with Crippen molar-refractivity contribution in [2.24, 2.45) is 0 Å². The lowest BCUT2D eigenvalue weighted by Crippen LogP contribution is -2.42. The number of nitrogens with one attached hydrogen (secondary N) is 3. The zero-order valence-corrected chi connectivity index (χ0v) is 24.6. The Hall–Kier alpha value is -4.81. The molecule has 3 aromatic carbocycles. The molecule has 0 aliphatic rings. The molecular formula is C29H26Cl2N4O8. The van der Waals surface area contributed by atoms with Gasteiger partial charge in [-0.3, -0.25) is 19.4 Å². The van der Waals surface area contributed by atoms with E-state index in [-0.39, 0.29) is 39.9 Å². The third-order valence-corrected chi connectivity index (χ3v) is 7.03. The summed E-state index contributed by atoms with van der Waals surface area (Å²) < 4.78 is 16.0. The van der Waals surface area contributed by atoms with Crippen molar-refractivity contribution in [2.45, 2.75) is 19.0 Å². The Morgan fingerprint density at radius 3 is 2.00 bits per heavy atom. The average Bonchev–Trinajstić information content (AvgIpc) is 2.99. The van der Waals surface area contributed by atoms with Crippen LogP contribution in [0.5, 0.6) is 17.2 Å². The zero-order chi connectivity index (χ0) is 31.3. The van der Waals surface area contributed by atoms with Crippen LogP contribution in [0.4, 0.5) is 17.1 Å². The fourth-order valence-corrected chi connectivity index (χ4v) is 4.82. The van der Waals surface area contributed by atoms with Gasteiger partial charge in [-0.2, -0.15) is 0 Å². The van der Waals surface area contributed by atoms with Gasteiger partial charge in [0.2, 0.25) is 5.75 Å². The number of amides is 1. The molecule has 0 aliphatic carbocycles. The molecule has 0 fully saturated rings. The first-order valence-electron chi connectivity index (χ1n) is 12.6. The molecule has 4 rings (SSSR count). The molecule has 0 bridgehead atoms. The molecule has 0 radical (unpaired) electrons. The summed E-state index contributed by atoms with van der Waals surface area (Å²) in [6.07, 6.45) is 2.57. The molecule has 1 atom stereocenters. The van der Waals surface area contributed by atoms with Gasteiger partial charge >= 0.3 is 5.97 Å². The summed E-state index contributed by atoms with van der Waals surface area (Å²) in [4.78, 5) is 53.2. The van der Waals surface area contributed by atoms with E-state index in [9.17, 15) is 24.3 Å². The van der Waals surface area contributed by atoms with Gasteiger partial charge in [0.1, 0.15) is 17.4 Å². The van der Waals surface area contributed by atoms with Crippen LogP contribution < -0.4 is 41.0 Å². The van der Waals surface area contributed by atoms with Gasteiger partial charge in [-0.05, 0) is 35.4 Å². The minimum Gasteiger partial charge on any atom is -0.493 e. The monoisotopic (exact) mass is 628 g/mol. The number of methoxy groups -OCH3 is 3. The molecule has 1 amide bonds. The summed E-state index contributed by atoms with van der Waals surface area (Å²) in [5.74, 6) is -0.565. The first kappa shape index (κ1) is 31.1. The predicted molar refractivity (Wildman–Crippen MR) is 162 cm³/mol. The number of nitrogens with zero attached hydrogens (tertiary/aromatic N) is 1. The van der Waals surface area contributed by atoms with Crippen LogP contribution in [0, 0.1) is 0 Å². The number of benzene rings is 2. The summed E-state index contributed by atoms with van der Waals surface area (Å²) in [5.41, 5.74) is -0.0269. The number of rotatable bonds is 13. The number of halogens is 2. The van der Waals surface area contributed by atoms with Gasteiger partial charge in [0, 0.05) is 31.0 Å². The third kappa shape index (κ3) is 6.82. The number of carbonyl (C=O) groups is 2. The average molecular weight is 629 g/mol. The van der Waals surface area contributed by atoms with Crippen LogP contribution in [0.3, 0.4) is 0 Å². The lowest BCUT2D eigenvalue weighted by atomic mass is 10.0. The van der Waals surface area contributed by atoms with Crippen molar-refractivity contribution in [1.82, 2.24) is 4.98 Å². The number of aromatic nitrogens is 1. The van der Waals surface area contributed by atoms with E-state index in [2.05, 4.69) is 20.9 Å². The van der Waals surface area contributed by atoms with Crippen molar-refractivity contribution in [1.29, 1.82) is 0 Å². The van der Waals surface area contributed by atoms with Crippen LogP contribution in [-0.2, 0) is 17.8 Å². The van der Waals surface area contributed by atoms with Gasteiger partial charge in [0.15, 0.2) is 11.5 Å². The number of carboxylic acids is 1. The topological polar surface area (TPSA) is 165 Å². The first-order chi connectivity index (χ1) is 20.6. The lowest BCUT2D eigenvalue weighted by molar-refractivity contribution is -0.137. The van der Waals surface area contributed by atoms with Crippen molar-refractivity contribution in [3.8, 4) is 17.2 Å². The SMILES string of the molecule is COc1cc(CNc2c(N[C@@H](Cc3ccc(NC(=O)c4c(Cl)cncc4Cl)cc3)C(=O)O)c(=O)c2=O)cc(OC)c1OC. The van der Waals surface area contributed by atoms with Crippen LogP contribution in [-0.4, -0.2) is 49.3 Å². The molecule has 224 valence electrons. The van der Waals surface area contributed by atoms with Crippen molar-refractivity contribution < 1.29 is 28.9 Å². The summed E-state index contributed by atoms with van der Waals surface area (Å²) in [7, 11) is 4.41. The van der Waals surface area contributed by atoms with E-state index in [0.29, 0.717) is 34.1 Å². The fraction of sp³-hybridized carbons (Fsp3) is 0.207. The second kappa shape index (κ2) is 13.4. The van der Waals surface area contributed by atoms with Crippen LogP contribution in [0.15, 0.2) is 58.4 Å². The first-order valence-corrected chi connectivity index (χ1v) is 13.4. The highest BCUT2D eigenvalue weighted by Gasteiger charge is 2.27. The van der Waals surface area contributed by atoms with Crippen LogP contribution in [0.1, 0.15) is 21.5 Å². The number of carbonyl (C=O) groups excluding carboxylic acids is 1. The van der Waals surface area contributed by atoms with E-state index < -0.39 is 28.8 Å². The summed E-state index contributed by atoms with van der Waals surface area (Å²) in [6.45, 7) is 0.108. The Labute approximate surface area is 255 Å². The predicted octanol–water partition coefficient (Wildman–Crippen LogP) is 3.98. The molecule has 12 nitrogen and oxygen atoms in total. The highest BCUT2D eigenvalue weighted by atomic mass is 35.5. The maximum Gasteiger partial charge on any atom is 0.326 e. The number of aliphatic carboxylic acids is 1. The largest absolute Gasteiger partial charge is 0.493 e. The Balaban J connectivity index is 1.45. The Bertz CT molecular complexity index is 1690. The molecule has 4 N–H and O–H groups in total. The minimum atomic E-state index is -1.24. The number of carboxylic acid groups (broad SMARTS) is 1. The van der Waals surface area contributed by atoms with Crippen molar-refractivity contribution in [2.75, 3.05) is 37.3 Å². The van der Waals surface area contributed by atoms with E-state index in [1.807, 2.05) is 0 Å². The van der Waals surface area contributed by atoms with Crippen molar-refractivity contribution in [3.05, 3.63) is 96.0 Å². The van der Waals surface area contributed by atoms with E-state index in [1.165, 1.54) is 33.7 Å². The second-order valence-corrected chi connectivity index (χ2v) is 9.98. The Morgan fingerprint density at radius 2 is 1.47 bits per heavy atom. The summed E-state index contributed by atoms with van der Waals surface area (Å²) >= 11 is 12.1. The number of hydrogen-bond acceptors (Lipinski definition) is 10. The van der Waals surface area contributed by atoms with Crippen LogP contribution in [0.25, 0.3) is 0 Å². The summed E-state index contributed by atoms with van der Waals surface area (Å²) in [5, 5.41) is 18.3. The third-order valence-electron chi connectivity index (χ3n) is 6.45. The van der Waals surface area contributed by atoms with Crippen LogP contribution in [0.2, 0.25) is 10.0 Å². The molecule has 1 heterocycles. The molecule has 0 spiro atoms. The van der Waals surface area contributed by atoms with E-state index >= 15 is 0 Å². The number of pyridine rings is 1. The molecule has 4 aromatic rings. The molecule has 43 heavy (non-hydrogen) atoms. The van der Waals surface area contributed by atoms with Gasteiger partial charge < -0.3 is 35.3 Å². The number of hydrogen-bond donors (Lipinski definition) is 4. The Morgan fingerprint density at radius 1 is 0.884 bits per heavy atom. The van der Waals surface area contributed by atoms with Crippen LogP contribution >= 0.6 is 23.2 Å². The molecule has 14 heteroatoms. The molecule has 0 saturated heterocycles. The zero-order valence-electron chi connectivity index (χ0n) is 23.1. The van der Waals surface area contributed by atoms with Gasteiger partial charge in [-0.15, -0.1) is 0 Å². The second-order valence-electron chi connectivity index (χ2n) is 9.16. The van der Waals surface area contributed by atoms with Gasteiger partial charge in [-0.1, -0.05) is 35.3 Å². The molecule has 0 aliphatic heterocycles. The van der Waals surface area contributed by atoms with Gasteiger partial charge in [0.05, 0.1) is 36.9 Å². The number of anilines is 3. The number of ether oxygens (including phenoxy) is 3. The molecule has 0 unspecified atom stereocenters. The quantitative estimate of drug-likeness (QED) is 0.158. The standard InChI is InChI=1S/C29H26Cl2N4O8/c1-41-20-9-15(10-21(42-2)27(20)43-3)11-33-23-24(26(37)25(23)36)35-19(29(39)40)8-14-4-6-16(7-5-14)34-28(38)22-17(30)12-32-13-18(22)31/h4-7,9-10,12-13,19,33,35H,8,11H2,1-3H3,(H,34,38)(H,39,40)/t19-/m0/s1. The lowest BCUT2D eigenvalue weighted by Gasteiger charge is -2.20. The summed E-state index contributed by atoms with van der Waals surface area (Å²) in [6, 6.07) is 8.52. The van der Waals surface area contributed by atoms with E-state index in [4.69, 9.17) is 37.4 Å². The highest BCUT2D eigenvalue weighted by molar-refractivity contribution is 6.40. The van der Waals surface area contributed by atoms with Crippen molar-refractivity contribution in [3.63, 3.8) is 0 Å². The molecule has 1 aromatic heterocycles. The van der Waals surface area contributed by atoms with Gasteiger partial charge in [-0.25, -0.2) is 4.79 Å². The Kier molecular flexibility index (Phi) is 9.73. The maximum atomic E-state index is 12.6. The maximum absolute atomic E-state index is 12.6. The van der Waals surface area contributed by atoms with E-state index in [1.54, 1.807) is 36.4 Å².